The van der Waals surface area contributed by atoms with Crippen molar-refractivity contribution in [3.05, 3.63) is 59.9 Å². The van der Waals surface area contributed by atoms with Crippen LogP contribution in [0.5, 0.6) is 11.5 Å². The molecule has 30 heavy (non-hydrogen) atoms. The lowest BCUT2D eigenvalue weighted by atomic mass is 10.2. The third-order valence-electron chi connectivity index (χ3n) is 4.52. The first kappa shape index (κ1) is 21.7. The lowest BCUT2D eigenvalue weighted by Crippen LogP contribution is -2.15. The Hall–Kier alpha value is -3.00. The van der Waals surface area contributed by atoms with Crippen molar-refractivity contribution in [2.45, 2.75) is 38.6 Å². The lowest BCUT2D eigenvalue weighted by molar-refractivity contribution is -0.113. The average molecular weight is 427 g/mol. The number of amides is 1. The molecular weight excluding hydrogens is 400 g/mol. The molecule has 0 fully saturated rings. The minimum absolute atomic E-state index is 0.135. The zero-order chi connectivity index (χ0) is 21.3. The number of ether oxygens (including phenoxy) is 2. The molecule has 1 amide bonds. The Morgan fingerprint density at radius 3 is 2.57 bits per heavy atom. The number of benzene rings is 2. The van der Waals surface area contributed by atoms with Crippen LogP contribution in [0.2, 0.25) is 0 Å². The molecular formula is C22H26N4O3S. The molecule has 0 aliphatic heterocycles. The van der Waals surface area contributed by atoms with Gasteiger partial charge in [-0.05, 0) is 43.2 Å². The molecule has 1 heterocycles. The normalized spacial score (nSPS) is 10.6. The summed E-state index contributed by atoms with van der Waals surface area (Å²) >= 11 is 1.34. The van der Waals surface area contributed by atoms with Crippen LogP contribution in [0, 0.1) is 0 Å². The molecule has 3 rings (SSSR count). The van der Waals surface area contributed by atoms with Crippen molar-refractivity contribution in [3.8, 4) is 11.5 Å². The maximum absolute atomic E-state index is 12.4. The summed E-state index contributed by atoms with van der Waals surface area (Å²) in [5, 5.41) is 12.0. The largest absolute Gasteiger partial charge is 0.495 e. The Morgan fingerprint density at radius 2 is 1.87 bits per heavy atom. The molecule has 0 aliphatic carbocycles. The van der Waals surface area contributed by atoms with Crippen molar-refractivity contribution in [1.29, 1.82) is 0 Å². The van der Waals surface area contributed by atoms with Gasteiger partial charge >= 0.3 is 0 Å². The molecule has 0 aliphatic rings. The molecule has 0 bridgehead atoms. The second-order valence-corrected chi connectivity index (χ2v) is 7.41. The van der Waals surface area contributed by atoms with E-state index in [9.17, 15) is 4.79 Å². The topological polar surface area (TPSA) is 78.3 Å². The Labute approximate surface area is 180 Å². The molecule has 0 radical (unpaired) electrons. The van der Waals surface area contributed by atoms with Gasteiger partial charge in [-0.15, -0.1) is 10.2 Å². The zero-order valence-electron chi connectivity index (χ0n) is 17.4. The molecule has 0 spiro atoms. The number of aryl methyl sites for hydroxylation is 1. The van der Waals surface area contributed by atoms with Crippen molar-refractivity contribution in [2.24, 2.45) is 0 Å². The fraction of sp³-hybridized carbons (Fsp3) is 0.318. The number of aromatic nitrogens is 3. The third-order valence-corrected chi connectivity index (χ3v) is 5.49. The van der Waals surface area contributed by atoms with Crippen molar-refractivity contribution in [1.82, 2.24) is 14.8 Å². The number of methoxy groups -OCH3 is 1. The number of hydrogen-bond donors (Lipinski definition) is 1. The van der Waals surface area contributed by atoms with Crippen LogP contribution in [-0.4, -0.2) is 33.5 Å². The number of anilines is 1. The third kappa shape index (κ3) is 5.54. The predicted molar refractivity (Wildman–Crippen MR) is 118 cm³/mol. The van der Waals surface area contributed by atoms with Gasteiger partial charge in [-0.25, -0.2) is 0 Å². The zero-order valence-corrected chi connectivity index (χ0v) is 18.2. The van der Waals surface area contributed by atoms with Crippen LogP contribution in [0.15, 0.2) is 53.7 Å². The Balaban J connectivity index is 1.57. The van der Waals surface area contributed by atoms with E-state index in [1.54, 1.807) is 19.2 Å². The second-order valence-electron chi connectivity index (χ2n) is 6.47. The van der Waals surface area contributed by atoms with E-state index in [0.29, 0.717) is 29.7 Å². The maximum atomic E-state index is 12.4. The van der Waals surface area contributed by atoms with E-state index >= 15 is 0 Å². The van der Waals surface area contributed by atoms with Gasteiger partial charge < -0.3 is 19.4 Å². The first-order valence-corrected chi connectivity index (χ1v) is 10.8. The van der Waals surface area contributed by atoms with Crippen LogP contribution in [0.3, 0.4) is 0 Å². The number of para-hydroxylation sites is 2. The highest BCUT2D eigenvalue weighted by molar-refractivity contribution is 7.99. The predicted octanol–water partition coefficient (Wildman–Crippen LogP) is 4.18. The monoisotopic (exact) mass is 426 g/mol. The highest BCUT2D eigenvalue weighted by Gasteiger charge is 2.14. The van der Waals surface area contributed by atoms with Crippen LogP contribution in [-0.2, 0) is 24.4 Å². The van der Waals surface area contributed by atoms with E-state index in [0.717, 1.165) is 18.0 Å². The minimum Gasteiger partial charge on any atom is -0.495 e. The fourth-order valence-corrected chi connectivity index (χ4v) is 3.70. The Morgan fingerprint density at radius 1 is 1.10 bits per heavy atom. The smallest absolute Gasteiger partial charge is 0.234 e. The van der Waals surface area contributed by atoms with Crippen LogP contribution in [0.1, 0.15) is 25.2 Å². The number of rotatable bonds is 10. The summed E-state index contributed by atoms with van der Waals surface area (Å²) in [5.74, 6) is 2.23. The highest BCUT2D eigenvalue weighted by Crippen LogP contribution is 2.24. The standard InChI is InChI=1S/C22H26N4O3S/c1-4-16-10-12-17(13-11-16)29-14-20-24-25-22(26(20)5-2)30-15-21(27)23-18-8-6-7-9-19(18)28-3/h6-13H,4-5,14-15H2,1-3H3,(H,23,27). The van der Waals surface area contributed by atoms with Crippen molar-refractivity contribution >= 4 is 23.4 Å². The minimum atomic E-state index is -0.135. The van der Waals surface area contributed by atoms with Crippen molar-refractivity contribution in [3.63, 3.8) is 0 Å². The van der Waals surface area contributed by atoms with Gasteiger partial charge in [0.25, 0.3) is 0 Å². The number of thioether (sulfide) groups is 1. The summed E-state index contributed by atoms with van der Waals surface area (Å²) in [6.07, 6.45) is 0.996. The van der Waals surface area contributed by atoms with Crippen molar-refractivity contribution < 1.29 is 14.3 Å². The van der Waals surface area contributed by atoms with E-state index in [1.807, 2.05) is 35.8 Å². The summed E-state index contributed by atoms with van der Waals surface area (Å²) < 4.78 is 13.1. The van der Waals surface area contributed by atoms with E-state index in [4.69, 9.17) is 9.47 Å². The maximum Gasteiger partial charge on any atom is 0.234 e. The number of carbonyl (C=O) groups is 1. The van der Waals surface area contributed by atoms with E-state index in [-0.39, 0.29) is 11.7 Å². The molecule has 3 aromatic rings. The summed E-state index contributed by atoms with van der Waals surface area (Å²) in [4.78, 5) is 12.4. The van der Waals surface area contributed by atoms with Crippen LogP contribution >= 0.6 is 11.8 Å². The van der Waals surface area contributed by atoms with Crippen LogP contribution < -0.4 is 14.8 Å². The van der Waals surface area contributed by atoms with E-state index < -0.39 is 0 Å². The molecule has 7 nitrogen and oxygen atoms in total. The van der Waals surface area contributed by atoms with Crippen molar-refractivity contribution in [2.75, 3.05) is 18.2 Å². The van der Waals surface area contributed by atoms with Gasteiger partial charge in [-0.3, -0.25) is 4.79 Å². The number of hydrogen-bond acceptors (Lipinski definition) is 6. The molecule has 1 aromatic heterocycles. The quantitative estimate of drug-likeness (QED) is 0.490. The summed E-state index contributed by atoms with van der Waals surface area (Å²) in [6, 6.07) is 15.3. The molecule has 0 saturated carbocycles. The van der Waals surface area contributed by atoms with Crippen LogP contribution in [0.4, 0.5) is 5.69 Å². The van der Waals surface area contributed by atoms with Gasteiger partial charge in [-0.1, -0.05) is 43.0 Å². The second kappa shape index (κ2) is 10.7. The summed E-state index contributed by atoms with van der Waals surface area (Å²) in [5.41, 5.74) is 1.91. The molecule has 2 aromatic carbocycles. The average Bonchev–Trinajstić information content (AvgIpc) is 3.18. The van der Waals surface area contributed by atoms with Crippen LogP contribution in [0.25, 0.3) is 0 Å². The van der Waals surface area contributed by atoms with Gasteiger partial charge in [0.05, 0.1) is 18.6 Å². The molecule has 0 saturated heterocycles. The van der Waals surface area contributed by atoms with Gasteiger partial charge in [0.1, 0.15) is 18.1 Å². The molecule has 0 unspecified atom stereocenters. The fourth-order valence-electron chi connectivity index (χ4n) is 2.88. The number of carbonyl (C=O) groups excluding carboxylic acids is 1. The molecule has 158 valence electrons. The van der Waals surface area contributed by atoms with Gasteiger partial charge in [0.15, 0.2) is 11.0 Å². The first-order chi connectivity index (χ1) is 14.6. The highest BCUT2D eigenvalue weighted by atomic mass is 32.2. The summed E-state index contributed by atoms with van der Waals surface area (Å²) in [7, 11) is 1.57. The SMILES string of the molecule is CCc1ccc(OCc2nnc(SCC(=O)Nc3ccccc3OC)n2CC)cc1. The number of nitrogens with zero attached hydrogens (tertiary/aromatic N) is 3. The van der Waals surface area contributed by atoms with Gasteiger partial charge in [-0.2, -0.15) is 0 Å². The van der Waals surface area contributed by atoms with E-state index in [1.165, 1.54) is 17.3 Å². The number of nitrogens with one attached hydrogen (secondary N) is 1. The molecule has 0 atom stereocenters. The van der Waals surface area contributed by atoms with Gasteiger partial charge in [0, 0.05) is 6.54 Å². The molecule has 8 heteroatoms. The lowest BCUT2D eigenvalue weighted by Gasteiger charge is -2.10. The van der Waals surface area contributed by atoms with Gasteiger partial charge in [0.2, 0.25) is 5.91 Å². The molecule has 1 N–H and O–H groups in total. The Kier molecular flexibility index (Phi) is 7.73. The van der Waals surface area contributed by atoms with E-state index in [2.05, 4.69) is 34.6 Å². The summed E-state index contributed by atoms with van der Waals surface area (Å²) in [6.45, 7) is 5.15. The first-order valence-electron chi connectivity index (χ1n) is 9.84. The Bertz CT molecular complexity index is 973.